The molecule has 5 heteroatoms. The van der Waals surface area contributed by atoms with Crippen LogP contribution in [0.2, 0.25) is 0 Å². The van der Waals surface area contributed by atoms with Crippen molar-refractivity contribution in [1.29, 1.82) is 0 Å². The molecule has 0 aromatic heterocycles. The normalized spacial score (nSPS) is 18.4. The summed E-state index contributed by atoms with van der Waals surface area (Å²) in [6.45, 7) is 2.67. The number of benzene rings is 1. The Morgan fingerprint density at radius 3 is 2.79 bits per heavy atom. The first kappa shape index (κ1) is 13.9. The van der Waals surface area contributed by atoms with Crippen molar-refractivity contribution in [3.05, 3.63) is 35.9 Å². The van der Waals surface area contributed by atoms with Crippen molar-refractivity contribution in [3.8, 4) is 0 Å². The van der Waals surface area contributed by atoms with Crippen LogP contribution in [0.1, 0.15) is 23.7 Å². The largest absolute Gasteiger partial charge is 0.354 e. The molecule has 2 amide bonds. The van der Waals surface area contributed by atoms with Gasteiger partial charge in [-0.2, -0.15) is 0 Å². The average molecular weight is 278 g/mol. The van der Waals surface area contributed by atoms with Crippen LogP contribution in [0.3, 0.4) is 0 Å². The van der Waals surface area contributed by atoms with Gasteiger partial charge in [0.05, 0.1) is 5.88 Å². The van der Waals surface area contributed by atoms with Gasteiger partial charge in [0.15, 0.2) is 0 Å². The minimum Gasteiger partial charge on any atom is -0.354 e. The number of carbonyl (C=O) groups is 2. The van der Waals surface area contributed by atoms with Gasteiger partial charge in [0.2, 0.25) is 5.91 Å². The highest BCUT2D eigenvalue weighted by Crippen LogP contribution is 2.23. The second kappa shape index (κ2) is 6.61. The van der Waals surface area contributed by atoms with Gasteiger partial charge < -0.3 is 10.2 Å². The summed E-state index contributed by atoms with van der Waals surface area (Å²) in [5.74, 6) is 1.14. The van der Waals surface area contributed by atoms with E-state index in [2.05, 4.69) is 5.32 Å². The smallest absolute Gasteiger partial charge is 0.255 e. The molecular weight excluding hydrogens is 260 g/mol. The minimum atomic E-state index is -0.343. The number of carbonyl (C=O) groups excluding carboxylic acids is 2. The molecule has 19 heavy (non-hydrogen) atoms. The Hall–Kier alpha value is -1.49. The number of nitrogens with zero attached hydrogens (tertiary/aromatic N) is 1. The highest BCUT2D eigenvalue weighted by Gasteiger charge is 2.34. The summed E-state index contributed by atoms with van der Waals surface area (Å²) in [7, 11) is 0. The van der Waals surface area contributed by atoms with Gasteiger partial charge in [-0.15, -0.1) is 11.8 Å². The summed E-state index contributed by atoms with van der Waals surface area (Å²) in [4.78, 5) is 26.1. The van der Waals surface area contributed by atoms with Crippen LogP contribution in [0, 0.1) is 0 Å². The molecule has 1 saturated heterocycles. The van der Waals surface area contributed by atoms with Crippen LogP contribution in [0.15, 0.2) is 30.3 Å². The van der Waals surface area contributed by atoms with Gasteiger partial charge in [-0.1, -0.05) is 25.1 Å². The van der Waals surface area contributed by atoms with E-state index in [0.717, 1.165) is 6.42 Å². The van der Waals surface area contributed by atoms with Gasteiger partial charge in [-0.25, -0.2) is 0 Å². The van der Waals surface area contributed by atoms with Gasteiger partial charge in [0.25, 0.3) is 5.91 Å². The van der Waals surface area contributed by atoms with E-state index in [0.29, 0.717) is 23.7 Å². The van der Waals surface area contributed by atoms with E-state index >= 15 is 0 Å². The Morgan fingerprint density at radius 2 is 2.11 bits per heavy atom. The highest BCUT2D eigenvalue weighted by atomic mass is 32.2. The molecule has 4 nitrogen and oxygen atoms in total. The predicted octanol–water partition coefficient (Wildman–Crippen LogP) is 1.73. The van der Waals surface area contributed by atoms with E-state index in [-0.39, 0.29) is 17.9 Å². The summed E-state index contributed by atoms with van der Waals surface area (Å²) in [6, 6.07) is 8.77. The van der Waals surface area contributed by atoms with Crippen molar-refractivity contribution in [3.63, 3.8) is 0 Å². The van der Waals surface area contributed by atoms with Crippen LogP contribution >= 0.6 is 11.8 Å². The second-order valence-corrected chi connectivity index (χ2v) is 5.45. The van der Waals surface area contributed by atoms with Crippen molar-refractivity contribution < 1.29 is 9.59 Å². The van der Waals surface area contributed by atoms with E-state index in [1.165, 1.54) is 0 Å². The lowest BCUT2D eigenvalue weighted by Crippen LogP contribution is -2.47. The molecule has 1 N–H and O–H groups in total. The fraction of sp³-hybridized carbons (Fsp3) is 0.429. The van der Waals surface area contributed by atoms with E-state index < -0.39 is 0 Å². The molecule has 0 unspecified atom stereocenters. The van der Waals surface area contributed by atoms with Crippen LogP contribution < -0.4 is 5.32 Å². The van der Waals surface area contributed by atoms with Gasteiger partial charge in [-0.3, -0.25) is 9.59 Å². The highest BCUT2D eigenvalue weighted by molar-refractivity contribution is 7.99. The van der Waals surface area contributed by atoms with Crippen molar-refractivity contribution >= 4 is 23.6 Å². The van der Waals surface area contributed by atoms with Crippen molar-refractivity contribution in [2.45, 2.75) is 19.4 Å². The maximum Gasteiger partial charge on any atom is 0.255 e. The maximum absolute atomic E-state index is 12.4. The van der Waals surface area contributed by atoms with Crippen LogP contribution in [0.4, 0.5) is 0 Å². The van der Waals surface area contributed by atoms with E-state index in [1.807, 2.05) is 25.1 Å². The first-order valence-corrected chi connectivity index (χ1v) is 7.61. The molecule has 102 valence electrons. The number of hydrogen-bond donors (Lipinski definition) is 1. The zero-order valence-corrected chi connectivity index (χ0v) is 11.8. The van der Waals surface area contributed by atoms with Gasteiger partial charge in [-0.05, 0) is 18.6 Å². The maximum atomic E-state index is 12.4. The Labute approximate surface area is 117 Å². The number of thioether (sulfide) groups is 1. The lowest BCUT2D eigenvalue weighted by Gasteiger charge is -2.23. The summed E-state index contributed by atoms with van der Waals surface area (Å²) < 4.78 is 0. The van der Waals surface area contributed by atoms with Crippen molar-refractivity contribution in [2.24, 2.45) is 0 Å². The van der Waals surface area contributed by atoms with E-state index in [1.54, 1.807) is 28.8 Å². The predicted molar refractivity (Wildman–Crippen MR) is 77.0 cm³/mol. The molecule has 0 saturated carbocycles. The van der Waals surface area contributed by atoms with Crippen LogP contribution in [0.25, 0.3) is 0 Å². The van der Waals surface area contributed by atoms with Gasteiger partial charge in [0, 0.05) is 17.9 Å². The lowest BCUT2D eigenvalue weighted by molar-refractivity contribution is -0.124. The van der Waals surface area contributed by atoms with E-state index in [4.69, 9.17) is 0 Å². The SMILES string of the molecule is CCCNC(=O)[C@@H]1CSCN1C(=O)c1ccccc1. The summed E-state index contributed by atoms with van der Waals surface area (Å²) >= 11 is 1.62. The first-order chi connectivity index (χ1) is 9.24. The Morgan fingerprint density at radius 1 is 1.37 bits per heavy atom. The zero-order chi connectivity index (χ0) is 13.7. The number of rotatable bonds is 4. The topological polar surface area (TPSA) is 49.4 Å². The number of nitrogens with one attached hydrogen (secondary N) is 1. The Balaban J connectivity index is 2.06. The second-order valence-electron chi connectivity index (χ2n) is 4.45. The minimum absolute atomic E-state index is 0.0452. The van der Waals surface area contributed by atoms with Crippen LogP contribution in [-0.2, 0) is 4.79 Å². The Kier molecular flexibility index (Phi) is 4.85. The molecule has 1 atom stereocenters. The monoisotopic (exact) mass is 278 g/mol. The number of amides is 2. The van der Waals surface area contributed by atoms with Crippen molar-refractivity contribution in [2.75, 3.05) is 18.2 Å². The van der Waals surface area contributed by atoms with Crippen LogP contribution in [-0.4, -0.2) is 40.9 Å². The fourth-order valence-corrected chi connectivity index (χ4v) is 3.13. The zero-order valence-electron chi connectivity index (χ0n) is 11.0. The molecular formula is C14H18N2O2S. The molecule has 0 radical (unpaired) electrons. The molecule has 0 spiro atoms. The van der Waals surface area contributed by atoms with Crippen LogP contribution in [0.5, 0.6) is 0 Å². The summed E-state index contributed by atoms with van der Waals surface area (Å²) in [5, 5.41) is 2.86. The molecule has 0 bridgehead atoms. The molecule has 1 fully saturated rings. The van der Waals surface area contributed by atoms with Crippen molar-refractivity contribution in [1.82, 2.24) is 10.2 Å². The molecule has 1 aromatic rings. The van der Waals surface area contributed by atoms with E-state index in [9.17, 15) is 9.59 Å². The summed E-state index contributed by atoms with van der Waals surface area (Å²) in [5.41, 5.74) is 0.637. The molecule has 1 aromatic carbocycles. The van der Waals surface area contributed by atoms with Gasteiger partial charge >= 0.3 is 0 Å². The lowest BCUT2D eigenvalue weighted by atomic mass is 10.1. The fourth-order valence-electron chi connectivity index (χ4n) is 1.97. The van der Waals surface area contributed by atoms with Gasteiger partial charge in [0.1, 0.15) is 6.04 Å². The third-order valence-electron chi connectivity index (χ3n) is 3.02. The third-order valence-corrected chi connectivity index (χ3v) is 4.03. The molecule has 1 aliphatic rings. The molecule has 0 aliphatic carbocycles. The Bertz CT molecular complexity index is 450. The number of hydrogen-bond acceptors (Lipinski definition) is 3. The standard InChI is InChI=1S/C14H18N2O2S/c1-2-8-15-13(17)12-9-19-10-16(12)14(18)11-6-4-3-5-7-11/h3-7,12H,2,8-10H2,1H3,(H,15,17)/t12-/m0/s1. The average Bonchev–Trinajstić information content (AvgIpc) is 2.94. The molecule has 2 rings (SSSR count). The molecule has 1 aliphatic heterocycles. The summed E-state index contributed by atoms with van der Waals surface area (Å²) in [6.07, 6.45) is 0.901. The third kappa shape index (κ3) is 3.29. The molecule has 1 heterocycles. The quantitative estimate of drug-likeness (QED) is 0.912. The first-order valence-electron chi connectivity index (χ1n) is 6.45.